The molecule has 4 heteroatoms. The van der Waals surface area contributed by atoms with Crippen LogP contribution < -0.4 is 5.32 Å². The van der Waals surface area contributed by atoms with Crippen molar-refractivity contribution in [2.24, 2.45) is 5.41 Å². The Kier molecular flexibility index (Phi) is 3.62. The topological polar surface area (TPSA) is 42.0 Å². The van der Waals surface area contributed by atoms with Crippen LogP contribution in [0, 0.1) is 5.41 Å². The van der Waals surface area contributed by atoms with E-state index in [1.54, 1.807) is 6.20 Å². The molecule has 20 heavy (non-hydrogen) atoms. The second-order valence-electron chi connectivity index (χ2n) is 5.50. The highest BCUT2D eigenvalue weighted by Gasteiger charge is 2.41. The predicted octanol–water partition coefficient (Wildman–Crippen LogP) is 3.37. The van der Waals surface area contributed by atoms with Gasteiger partial charge in [-0.2, -0.15) is 0 Å². The first-order valence-electron chi connectivity index (χ1n) is 6.92. The predicted molar refractivity (Wildman–Crippen MR) is 81.1 cm³/mol. The first kappa shape index (κ1) is 13.4. The molecule has 1 aromatic heterocycles. The summed E-state index contributed by atoms with van der Waals surface area (Å²) in [5.74, 6) is 0.560. The average molecular weight is 289 g/mol. The van der Waals surface area contributed by atoms with Gasteiger partial charge in [0, 0.05) is 24.0 Å². The number of nitrogens with zero attached hydrogens (tertiary/aromatic N) is 1. The molecule has 0 atom stereocenters. The van der Waals surface area contributed by atoms with Crippen molar-refractivity contribution in [3.05, 3.63) is 42.2 Å². The molecule has 3 nitrogen and oxygen atoms in total. The normalized spacial score (nSPS) is 16.1. The van der Waals surface area contributed by atoms with Crippen LogP contribution in [0.15, 0.2) is 36.5 Å². The molecule has 0 bridgehead atoms. The number of hydrogen-bond donors (Lipinski definition) is 1. The third-order valence-corrected chi connectivity index (χ3v) is 4.28. The van der Waals surface area contributed by atoms with Crippen LogP contribution in [0.5, 0.6) is 0 Å². The maximum atomic E-state index is 12.3. The molecule has 1 aliphatic rings. The summed E-state index contributed by atoms with van der Waals surface area (Å²) < 4.78 is 0. The molecule has 3 rings (SSSR count). The lowest BCUT2D eigenvalue weighted by Gasteiger charge is -2.14. The van der Waals surface area contributed by atoms with E-state index >= 15 is 0 Å². The van der Waals surface area contributed by atoms with Crippen LogP contribution >= 0.6 is 11.6 Å². The van der Waals surface area contributed by atoms with Gasteiger partial charge in [0.25, 0.3) is 5.91 Å². The van der Waals surface area contributed by atoms with Gasteiger partial charge in [0.2, 0.25) is 0 Å². The molecule has 0 spiro atoms. The summed E-state index contributed by atoms with van der Waals surface area (Å²) in [6.07, 6.45) is 4.96. The second-order valence-corrected chi connectivity index (χ2v) is 5.88. The largest absolute Gasteiger partial charge is 0.350 e. The lowest BCUT2D eigenvalue weighted by molar-refractivity contribution is 0.0941. The van der Waals surface area contributed by atoms with E-state index in [-0.39, 0.29) is 11.3 Å². The molecule has 1 N–H and O–H groups in total. The minimum absolute atomic E-state index is 0.0948. The number of amides is 1. The second kappa shape index (κ2) is 5.41. The van der Waals surface area contributed by atoms with E-state index in [4.69, 9.17) is 11.6 Å². The highest BCUT2D eigenvalue weighted by molar-refractivity contribution is 6.17. The molecule has 1 heterocycles. The van der Waals surface area contributed by atoms with Crippen LogP contribution in [0.25, 0.3) is 10.8 Å². The summed E-state index contributed by atoms with van der Waals surface area (Å²) in [5.41, 5.74) is 0.743. The van der Waals surface area contributed by atoms with E-state index in [9.17, 15) is 4.79 Å². The fourth-order valence-corrected chi connectivity index (χ4v) is 2.95. The number of benzene rings is 1. The number of nitrogens with one attached hydrogen (secondary N) is 1. The number of carbonyl (C=O) groups is 1. The zero-order valence-electron chi connectivity index (χ0n) is 11.2. The molecule has 0 radical (unpaired) electrons. The number of fused-ring (bicyclic) bond motifs is 1. The molecule has 1 aromatic carbocycles. The van der Waals surface area contributed by atoms with Gasteiger partial charge in [-0.1, -0.05) is 24.3 Å². The Bertz CT molecular complexity index is 632. The monoisotopic (exact) mass is 288 g/mol. The first-order valence-corrected chi connectivity index (χ1v) is 7.45. The highest BCUT2D eigenvalue weighted by atomic mass is 35.5. The number of rotatable bonds is 5. The van der Waals surface area contributed by atoms with Gasteiger partial charge >= 0.3 is 0 Å². The van der Waals surface area contributed by atoms with Crippen LogP contribution in [-0.2, 0) is 0 Å². The average Bonchev–Trinajstić information content (AvgIpc) is 3.25. The maximum Gasteiger partial charge on any atom is 0.270 e. The molecule has 1 saturated carbocycles. The Balaban J connectivity index is 1.76. The lowest BCUT2D eigenvalue weighted by atomic mass is 10.0. The van der Waals surface area contributed by atoms with E-state index < -0.39 is 0 Å². The summed E-state index contributed by atoms with van der Waals surface area (Å²) >= 11 is 5.81. The Morgan fingerprint density at radius 3 is 2.85 bits per heavy atom. The minimum Gasteiger partial charge on any atom is -0.350 e. The number of hydrogen-bond acceptors (Lipinski definition) is 2. The van der Waals surface area contributed by atoms with Crippen molar-refractivity contribution >= 4 is 28.3 Å². The van der Waals surface area contributed by atoms with Crippen molar-refractivity contribution in [2.75, 3.05) is 12.4 Å². The van der Waals surface area contributed by atoms with Gasteiger partial charge in [0.05, 0.1) is 0 Å². The van der Waals surface area contributed by atoms with Crippen LogP contribution in [0.2, 0.25) is 0 Å². The Hall–Kier alpha value is -1.61. The molecule has 0 aliphatic heterocycles. The number of carbonyl (C=O) groups excluding carboxylic acids is 1. The molecule has 0 saturated heterocycles. The van der Waals surface area contributed by atoms with Gasteiger partial charge < -0.3 is 5.32 Å². The molecule has 104 valence electrons. The van der Waals surface area contributed by atoms with Crippen molar-refractivity contribution in [2.45, 2.75) is 19.3 Å². The zero-order valence-corrected chi connectivity index (χ0v) is 12.0. The summed E-state index contributed by atoms with van der Waals surface area (Å²) in [7, 11) is 0. The molecule has 1 aliphatic carbocycles. The van der Waals surface area contributed by atoms with Crippen LogP contribution in [0.1, 0.15) is 29.8 Å². The first-order chi connectivity index (χ1) is 9.74. The van der Waals surface area contributed by atoms with Crippen LogP contribution in [0.3, 0.4) is 0 Å². The Labute approximate surface area is 123 Å². The standard InChI is InChI=1S/C16H17ClN2O/c17-9-8-16(6-7-16)11-19-15(20)14-13-4-2-1-3-12(13)5-10-18-14/h1-5,10H,6-9,11H2,(H,19,20). The number of aromatic nitrogens is 1. The minimum atomic E-state index is -0.0948. The summed E-state index contributed by atoms with van der Waals surface area (Å²) in [6, 6.07) is 9.73. The summed E-state index contributed by atoms with van der Waals surface area (Å²) in [4.78, 5) is 16.6. The van der Waals surface area contributed by atoms with E-state index in [0.29, 0.717) is 18.1 Å². The van der Waals surface area contributed by atoms with Crippen molar-refractivity contribution < 1.29 is 4.79 Å². The van der Waals surface area contributed by atoms with Gasteiger partial charge in [-0.25, -0.2) is 0 Å². The molecule has 0 unspecified atom stereocenters. The van der Waals surface area contributed by atoms with Gasteiger partial charge in [-0.05, 0) is 36.1 Å². The van der Waals surface area contributed by atoms with Crippen molar-refractivity contribution in [3.8, 4) is 0 Å². The van der Waals surface area contributed by atoms with Crippen LogP contribution in [0.4, 0.5) is 0 Å². The van der Waals surface area contributed by atoms with Gasteiger partial charge in [0.15, 0.2) is 0 Å². The summed E-state index contributed by atoms with van der Waals surface area (Å²) in [5, 5.41) is 4.95. The number of alkyl halides is 1. The Morgan fingerprint density at radius 1 is 1.30 bits per heavy atom. The number of pyridine rings is 1. The third-order valence-electron chi connectivity index (χ3n) is 4.09. The van der Waals surface area contributed by atoms with Crippen molar-refractivity contribution in [1.82, 2.24) is 10.3 Å². The maximum absolute atomic E-state index is 12.3. The van der Waals surface area contributed by atoms with Crippen molar-refractivity contribution in [3.63, 3.8) is 0 Å². The zero-order chi connectivity index (χ0) is 14.0. The SMILES string of the molecule is O=C(NCC1(CCCl)CC1)c1nccc2ccccc12. The number of halogens is 1. The Morgan fingerprint density at radius 2 is 2.10 bits per heavy atom. The van der Waals surface area contributed by atoms with Crippen molar-refractivity contribution in [1.29, 1.82) is 0 Å². The van der Waals surface area contributed by atoms with E-state index in [1.807, 2.05) is 30.3 Å². The summed E-state index contributed by atoms with van der Waals surface area (Å²) in [6.45, 7) is 0.698. The van der Waals surface area contributed by atoms with Crippen LogP contribution in [-0.4, -0.2) is 23.3 Å². The lowest BCUT2D eigenvalue weighted by Crippen LogP contribution is -2.31. The fourth-order valence-electron chi connectivity index (χ4n) is 2.54. The van der Waals surface area contributed by atoms with E-state index in [1.165, 1.54) is 0 Å². The van der Waals surface area contributed by atoms with Gasteiger partial charge in [-0.3, -0.25) is 9.78 Å². The molecular weight excluding hydrogens is 272 g/mol. The highest BCUT2D eigenvalue weighted by Crippen LogP contribution is 2.48. The quantitative estimate of drug-likeness (QED) is 0.857. The fraction of sp³-hybridized carbons (Fsp3) is 0.375. The molecule has 2 aromatic rings. The van der Waals surface area contributed by atoms with Gasteiger partial charge in [-0.15, -0.1) is 11.6 Å². The van der Waals surface area contributed by atoms with Gasteiger partial charge in [0.1, 0.15) is 5.69 Å². The molecule has 1 fully saturated rings. The smallest absolute Gasteiger partial charge is 0.270 e. The third kappa shape index (κ3) is 2.63. The van der Waals surface area contributed by atoms with E-state index in [2.05, 4.69) is 10.3 Å². The molecule has 1 amide bonds. The van der Waals surface area contributed by atoms with E-state index in [0.717, 1.165) is 30.0 Å². The molecular formula is C16H17ClN2O.